The molecule has 0 unspecified atom stereocenters. The van der Waals surface area contributed by atoms with E-state index in [4.69, 9.17) is 4.74 Å². The fourth-order valence-electron chi connectivity index (χ4n) is 2.18. The van der Waals surface area contributed by atoms with Gasteiger partial charge in [-0.1, -0.05) is 12.2 Å². The summed E-state index contributed by atoms with van der Waals surface area (Å²) >= 11 is 0. The van der Waals surface area contributed by atoms with Crippen molar-refractivity contribution >= 4 is 11.9 Å². The molecule has 0 aromatic heterocycles. The third-order valence-electron chi connectivity index (χ3n) is 3.26. The maximum absolute atomic E-state index is 12.1. The molecular weight excluding hydrogens is 206 g/mol. The number of amides is 1. The van der Waals surface area contributed by atoms with Gasteiger partial charge in [0.05, 0.1) is 12.5 Å². The zero-order valence-electron chi connectivity index (χ0n) is 9.95. The normalized spacial score (nSPS) is 31.4. The van der Waals surface area contributed by atoms with Gasteiger partial charge in [-0.3, -0.25) is 9.59 Å². The van der Waals surface area contributed by atoms with Crippen LogP contribution in [0.4, 0.5) is 0 Å². The van der Waals surface area contributed by atoms with Gasteiger partial charge in [0.1, 0.15) is 5.41 Å². The Kier molecular flexibility index (Phi) is 2.95. The van der Waals surface area contributed by atoms with Gasteiger partial charge < -0.3 is 9.64 Å². The molecule has 0 aromatic carbocycles. The van der Waals surface area contributed by atoms with Gasteiger partial charge in [0, 0.05) is 14.1 Å². The molecule has 0 heterocycles. The maximum atomic E-state index is 12.1. The predicted octanol–water partition coefficient (Wildman–Crippen LogP) is 0.996. The quantitative estimate of drug-likeness (QED) is 0.527. The largest absolute Gasteiger partial charge is 0.468 e. The number of rotatable bonds is 4. The van der Waals surface area contributed by atoms with Crippen LogP contribution in [-0.4, -0.2) is 38.0 Å². The lowest BCUT2D eigenvalue weighted by Gasteiger charge is -2.21. The van der Waals surface area contributed by atoms with Gasteiger partial charge >= 0.3 is 5.97 Å². The average molecular weight is 223 g/mol. The van der Waals surface area contributed by atoms with Crippen LogP contribution in [-0.2, 0) is 14.3 Å². The van der Waals surface area contributed by atoms with Crippen molar-refractivity contribution in [1.82, 2.24) is 4.90 Å². The van der Waals surface area contributed by atoms with Gasteiger partial charge in [0.25, 0.3) is 0 Å². The summed E-state index contributed by atoms with van der Waals surface area (Å²) < 4.78 is 4.73. The second kappa shape index (κ2) is 3.77. The van der Waals surface area contributed by atoms with Crippen LogP contribution < -0.4 is 0 Å². The molecule has 1 fully saturated rings. The molecule has 0 aromatic rings. The molecule has 1 aliphatic carbocycles. The maximum Gasteiger partial charge on any atom is 0.317 e. The van der Waals surface area contributed by atoms with E-state index >= 15 is 0 Å². The second-order valence-corrected chi connectivity index (χ2v) is 4.22. The molecule has 0 spiro atoms. The predicted molar refractivity (Wildman–Crippen MR) is 60.6 cm³/mol. The summed E-state index contributed by atoms with van der Waals surface area (Å²) in [5.41, 5.74) is -1.82. The van der Waals surface area contributed by atoms with Crippen molar-refractivity contribution in [3.63, 3.8) is 0 Å². The molecule has 1 saturated carbocycles. The lowest BCUT2D eigenvalue weighted by Crippen LogP contribution is -2.36. The van der Waals surface area contributed by atoms with Crippen molar-refractivity contribution in [2.75, 3.05) is 21.2 Å². The molecule has 0 N–H and O–H groups in total. The Bertz CT molecular complexity index is 361. The number of methoxy groups -OCH3 is 1. The Balaban J connectivity index is 3.14. The third-order valence-corrected chi connectivity index (χ3v) is 3.26. The van der Waals surface area contributed by atoms with Crippen LogP contribution in [0.2, 0.25) is 0 Å². The molecule has 1 rings (SSSR count). The lowest BCUT2D eigenvalue weighted by molar-refractivity contribution is -0.149. The minimum absolute atomic E-state index is 0.146. The topological polar surface area (TPSA) is 46.6 Å². The van der Waals surface area contributed by atoms with Crippen LogP contribution in [0.3, 0.4) is 0 Å². The van der Waals surface area contributed by atoms with E-state index in [9.17, 15) is 9.59 Å². The lowest BCUT2D eigenvalue weighted by atomic mass is 9.91. The van der Waals surface area contributed by atoms with Crippen molar-refractivity contribution in [2.45, 2.75) is 6.42 Å². The van der Waals surface area contributed by atoms with E-state index < -0.39 is 16.8 Å². The fraction of sp³-hybridized carbons (Fsp3) is 0.500. The zero-order chi connectivity index (χ0) is 12.6. The number of carbonyl (C=O) groups is 2. The van der Waals surface area contributed by atoms with E-state index in [1.165, 1.54) is 24.2 Å². The standard InChI is InChI=1S/C12H17NO3/c1-6-11(9(14)13(3)4)8-12(11,7-2)10(15)16-5/h6-7H,1-2,8H2,3-5H3/t11-,12+/m1/s1. The van der Waals surface area contributed by atoms with E-state index in [2.05, 4.69) is 13.2 Å². The molecule has 1 amide bonds. The summed E-state index contributed by atoms with van der Waals surface area (Å²) in [5.74, 6) is -0.578. The molecule has 4 nitrogen and oxygen atoms in total. The number of nitrogens with zero attached hydrogens (tertiary/aromatic N) is 1. The Morgan fingerprint density at radius 2 is 1.75 bits per heavy atom. The SMILES string of the molecule is C=C[C@@]1(C(=O)OC)C[C@]1(C=C)C(=O)N(C)C. The van der Waals surface area contributed by atoms with Crippen LogP contribution in [0.15, 0.2) is 25.3 Å². The summed E-state index contributed by atoms with van der Waals surface area (Å²) in [6.07, 6.45) is 3.40. The van der Waals surface area contributed by atoms with E-state index in [0.717, 1.165) is 0 Å². The molecule has 16 heavy (non-hydrogen) atoms. The number of esters is 1. The number of carbonyl (C=O) groups excluding carboxylic acids is 2. The Morgan fingerprint density at radius 1 is 1.25 bits per heavy atom. The van der Waals surface area contributed by atoms with Crippen molar-refractivity contribution in [3.8, 4) is 0 Å². The monoisotopic (exact) mass is 223 g/mol. The molecule has 0 saturated heterocycles. The number of hydrogen-bond donors (Lipinski definition) is 0. The number of ether oxygens (including phenoxy) is 1. The van der Waals surface area contributed by atoms with Crippen molar-refractivity contribution < 1.29 is 14.3 Å². The molecule has 0 aliphatic heterocycles. The van der Waals surface area contributed by atoms with Gasteiger partial charge in [0.2, 0.25) is 5.91 Å². The van der Waals surface area contributed by atoms with Crippen LogP contribution in [0.5, 0.6) is 0 Å². The average Bonchev–Trinajstić information content (AvgIpc) is 2.97. The first-order valence-corrected chi connectivity index (χ1v) is 4.99. The second-order valence-electron chi connectivity index (χ2n) is 4.22. The molecule has 1 aliphatic rings. The summed E-state index contributed by atoms with van der Waals surface area (Å²) in [4.78, 5) is 25.2. The highest BCUT2D eigenvalue weighted by Crippen LogP contribution is 2.66. The van der Waals surface area contributed by atoms with Gasteiger partial charge in [-0.15, -0.1) is 13.2 Å². The highest BCUT2D eigenvalue weighted by Gasteiger charge is 2.74. The van der Waals surface area contributed by atoms with E-state index in [1.54, 1.807) is 14.1 Å². The first-order chi connectivity index (χ1) is 7.41. The molecule has 4 heteroatoms. The third kappa shape index (κ3) is 1.29. The highest BCUT2D eigenvalue weighted by atomic mass is 16.5. The highest BCUT2D eigenvalue weighted by molar-refractivity contribution is 6.00. The van der Waals surface area contributed by atoms with E-state index in [1.807, 2.05) is 0 Å². The van der Waals surface area contributed by atoms with Crippen LogP contribution >= 0.6 is 0 Å². The molecule has 88 valence electrons. The van der Waals surface area contributed by atoms with Gasteiger partial charge in [-0.25, -0.2) is 0 Å². The Hall–Kier alpha value is -1.58. The van der Waals surface area contributed by atoms with Gasteiger partial charge in [-0.05, 0) is 6.42 Å². The van der Waals surface area contributed by atoms with Crippen molar-refractivity contribution in [3.05, 3.63) is 25.3 Å². The summed E-state index contributed by atoms with van der Waals surface area (Å²) in [7, 11) is 4.61. The van der Waals surface area contributed by atoms with Crippen molar-refractivity contribution in [2.24, 2.45) is 10.8 Å². The van der Waals surface area contributed by atoms with Crippen LogP contribution in [0.25, 0.3) is 0 Å². The van der Waals surface area contributed by atoms with Crippen LogP contribution in [0.1, 0.15) is 6.42 Å². The fourth-order valence-corrected chi connectivity index (χ4v) is 2.18. The molecular formula is C12H17NO3. The van der Waals surface area contributed by atoms with E-state index in [-0.39, 0.29) is 5.91 Å². The minimum atomic E-state index is -0.940. The molecule has 0 bridgehead atoms. The van der Waals surface area contributed by atoms with Crippen molar-refractivity contribution in [1.29, 1.82) is 0 Å². The Morgan fingerprint density at radius 3 is 2.06 bits per heavy atom. The van der Waals surface area contributed by atoms with Gasteiger partial charge in [-0.2, -0.15) is 0 Å². The Labute approximate surface area is 95.6 Å². The summed E-state index contributed by atoms with van der Waals surface area (Å²) in [6, 6.07) is 0. The summed E-state index contributed by atoms with van der Waals surface area (Å²) in [6.45, 7) is 7.28. The van der Waals surface area contributed by atoms with Gasteiger partial charge in [0.15, 0.2) is 0 Å². The van der Waals surface area contributed by atoms with E-state index in [0.29, 0.717) is 6.42 Å². The minimum Gasteiger partial charge on any atom is -0.468 e. The zero-order valence-corrected chi connectivity index (χ0v) is 9.95. The molecule has 0 radical (unpaired) electrons. The molecule has 2 atom stereocenters. The summed E-state index contributed by atoms with van der Waals surface area (Å²) in [5, 5.41) is 0. The first kappa shape index (κ1) is 12.5. The first-order valence-electron chi connectivity index (χ1n) is 4.99. The smallest absolute Gasteiger partial charge is 0.317 e. The van der Waals surface area contributed by atoms with Crippen LogP contribution in [0, 0.1) is 10.8 Å². The number of hydrogen-bond acceptors (Lipinski definition) is 3.